The van der Waals surface area contributed by atoms with Crippen molar-refractivity contribution < 1.29 is 18.6 Å². The van der Waals surface area contributed by atoms with Gasteiger partial charge in [-0.05, 0) is 42.7 Å². The van der Waals surface area contributed by atoms with Crippen molar-refractivity contribution in [3.8, 4) is 17.2 Å². The fourth-order valence-corrected chi connectivity index (χ4v) is 4.65. The van der Waals surface area contributed by atoms with E-state index < -0.39 is 0 Å². The SMILES string of the molecule is CCc1nc2cc(F)ccc2n1C1CCN(Cc2cc(OC)c3c(c2)OCO3)CC1. The van der Waals surface area contributed by atoms with Crippen molar-refractivity contribution in [1.82, 2.24) is 14.5 Å². The summed E-state index contributed by atoms with van der Waals surface area (Å²) in [4.78, 5) is 7.13. The highest BCUT2D eigenvalue weighted by molar-refractivity contribution is 5.76. The average molecular weight is 411 g/mol. The van der Waals surface area contributed by atoms with Crippen LogP contribution in [0.1, 0.15) is 37.2 Å². The standard InChI is InChI=1S/C23H26FN3O3/c1-3-22-25-18-12-16(24)4-5-19(18)27(22)17-6-8-26(9-7-17)13-15-10-20(28-2)23-21(11-15)29-14-30-23/h4-5,10-12,17H,3,6-9,13-14H2,1-2H3. The van der Waals surface area contributed by atoms with Crippen molar-refractivity contribution in [2.24, 2.45) is 0 Å². The first-order valence-electron chi connectivity index (χ1n) is 10.5. The first-order chi connectivity index (χ1) is 14.7. The van der Waals surface area contributed by atoms with Gasteiger partial charge >= 0.3 is 0 Å². The van der Waals surface area contributed by atoms with Gasteiger partial charge in [0.2, 0.25) is 12.5 Å². The monoisotopic (exact) mass is 411 g/mol. The topological polar surface area (TPSA) is 48.8 Å². The molecule has 1 aromatic heterocycles. The lowest BCUT2D eigenvalue weighted by molar-refractivity contribution is 0.171. The molecule has 2 aromatic carbocycles. The van der Waals surface area contributed by atoms with E-state index in [9.17, 15) is 4.39 Å². The van der Waals surface area contributed by atoms with Crippen molar-refractivity contribution in [1.29, 1.82) is 0 Å². The molecule has 0 radical (unpaired) electrons. The smallest absolute Gasteiger partial charge is 0.231 e. The van der Waals surface area contributed by atoms with Gasteiger partial charge in [-0.2, -0.15) is 0 Å². The lowest BCUT2D eigenvalue weighted by Crippen LogP contribution is -2.34. The fourth-order valence-electron chi connectivity index (χ4n) is 4.65. The molecule has 3 heterocycles. The first-order valence-corrected chi connectivity index (χ1v) is 10.5. The van der Waals surface area contributed by atoms with E-state index in [1.165, 1.54) is 12.1 Å². The molecule has 0 amide bonds. The summed E-state index contributed by atoms with van der Waals surface area (Å²) >= 11 is 0. The molecule has 2 aliphatic rings. The van der Waals surface area contributed by atoms with Gasteiger partial charge in [0, 0.05) is 38.2 Å². The number of piperidine rings is 1. The summed E-state index contributed by atoms with van der Waals surface area (Å²) in [5, 5.41) is 0. The highest BCUT2D eigenvalue weighted by atomic mass is 19.1. The molecule has 2 aliphatic heterocycles. The van der Waals surface area contributed by atoms with Crippen LogP contribution in [-0.4, -0.2) is 41.4 Å². The summed E-state index contributed by atoms with van der Waals surface area (Å²) in [5.74, 6) is 2.97. The van der Waals surface area contributed by atoms with Crippen molar-refractivity contribution >= 4 is 11.0 Å². The highest BCUT2D eigenvalue weighted by Gasteiger charge is 2.26. The van der Waals surface area contributed by atoms with Crippen LogP contribution in [0.2, 0.25) is 0 Å². The number of hydrogen-bond acceptors (Lipinski definition) is 5. The molecule has 7 heteroatoms. The molecule has 0 unspecified atom stereocenters. The van der Waals surface area contributed by atoms with Gasteiger partial charge in [0.1, 0.15) is 11.6 Å². The van der Waals surface area contributed by atoms with Crippen LogP contribution in [0.25, 0.3) is 11.0 Å². The molecule has 0 atom stereocenters. The van der Waals surface area contributed by atoms with Crippen LogP contribution in [0.3, 0.4) is 0 Å². The van der Waals surface area contributed by atoms with Crippen molar-refractivity contribution in [3.63, 3.8) is 0 Å². The van der Waals surface area contributed by atoms with E-state index in [0.717, 1.165) is 72.8 Å². The summed E-state index contributed by atoms with van der Waals surface area (Å²) in [7, 11) is 1.65. The number of aryl methyl sites for hydroxylation is 1. The third-order valence-corrected chi connectivity index (χ3v) is 6.09. The summed E-state index contributed by atoms with van der Waals surface area (Å²) < 4.78 is 32.5. The molecule has 0 spiro atoms. The molecule has 1 saturated heterocycles. The quantitative estimate of drug-likeness (QED) is 0.626. The Hall–Kier alpha value is -2.80. The van der Waals surface area contributed by atoms with Gasteiger partial charge in [0.25, 0.3) is 0 Å². The van der Waals surface area contributed by atoms with Crippen LogP contribution in [0.4, 0.5) is 4.39 Å². The molecule has 0 N–H and O–H groups in total. The fraction of sp³-hybridized carbons (Fsp3) is 0.435. The molecule has 30 heavy (non-hydrogen) atoms. The molecule has 1 fully saturated rings. The number of likely N-dealkylation sites (tertiary alicyclic amines) is 1. The molecule has 0 bridgehead atoms. The van der Waals surface area contributed by atoms with Crippen LogP contribution < -0.4 is 14.2 Å². The Bertz CT molecular complexity index is 1070. The second kappa shape index (κ2) is 7.80. The zero-order valence-electron chi connectivity index (χ0n) is 17.4. The second-order valence-electron chi connectivity index (χ2n) is 7.92. The van der Waals surface area contributed by atoms with E-state index in [4.69, 9.17) is 14.2 Å². The molecule has 0 saturated carbocycles. The largest absolute Gasteiger partial charge is 0.493 e. The number of hydrogen-bond donors (Lipinski definition) is 0. The Morgan fingerprint density at radius 1 is 1.17 bits per heavy atom. The Labute approximate surface area is 175 Å². The maximum Gasteiger partial charge on any atom is 0.231 e. The van der Waals surface area contributed by atoms with Gasteiger partial charge in [0.05, 0.1) is 18.1 Å². The van der Waals surface area contributed by atoms with Gasteiger partial charge in [-0.15, -0.1) is 0 Å². The minimum absolute atomic E-state index is 0.233. The van der Waals surface area contributed by atoms with E-state index in [1.54, 1.807) is 7.11 Å². The molecule has 0 aliphatic carbocycles. The predicted octanol–water partition coefficient (Wildman–Crippen LogP) is 4.31. The molecule has 158 valence electrons. The second-order valence-corrected chi connectivity index (χ2v) is 7.92. The number of fused-ring (bicyclic) bond motifs is 2. The maximum atomic E-state index is 13.6. The lowest BCUT2D eigenvalue weighted by atomic mass is 10.0. The highest BCUT2D eigenvalue weighted by Crippen LogP contribution is 2.42. The van der Waals surface area contributed by atoms with Crippen molar-refractivity contribution in [3.05, 3.63) is 47.5 Å². The number of benzene rings is 2. The summed E-state index contributed by atoms with van der Waals surface area (Å²) in [5.41, 5.74) is 2.95. The lowest BCUT2D eigenvalue weighted by Gasteiger charge is -2.33. The molecule has 5 rings (SSSR count). The molecular weight excluding hydrogens is 385 g/mol. The number of methoxy groups -OCH3 is 1. The Balaban J connectivity index is 1.31. The van der Waals surface area contributed by atoms with Crippen LogP contribution in [0, 0.1) is 5.82 Å². The number of nitrogens with zero attached hydrogens (tertiary/aromatic N) is 3. The summed E-state index contributed by atoms with van der Waals surface area (Å²) in [6.07, 6.45) is 2.92. The number of ether oxygens (including phenoxy) is 3. The van der Waals surface area contributed by atoms with Gasteiger partial charge in [-0.25, -0.2) is 9.37 Å². The first kappa shape index (κ1) is 19.2. The number of halogens is 1. The zero-order chi connectivity index (χ0) is 20.7. The maximum absolute atomic E-state index is 13.6. The van der Waals surface area contributed by atoms with E-state index >= 15 is 0 Å². The van der Waals surface area contributed by atoms with Crippen LogP contribution >= 0.6 is 0 Å². The van der Waals surface area contributed by atoms with Gasteiger partial charge < -0.3 is 18.8 Å². The van der Waals surface area contributed by atoms with E-state index in [-0.39, 0.29) is 12.6 Å². The number of imidazole rings is 1. The average Bonchev–Trinajstić information content (AvgIpc) is 3.37. The molecule has 6 nitrogen and oxygen atoms in total. The van der Waals surface area contributed by atoms with Gasteiger partial charge in [-0.3, -0.25) is 4.90 Å². The van der Waals surface area contributed by atoms with E-state index in [0.29, 0.717) is 11.8 Å². The minimum Gasteiger partial charge on any atom is -0.493 e. The van der Waals surface area contributed by atoms with Crippen LogP contribution in [-0.2, 0) is 13.0 Å². The Morgan fingerprint density at radius 2 is 2.00 bits per heavy atom. The normalized spacial score (nSPS) is 17.0. The Morgan fingerprint density at radius 3 is 2.77 bits per heavy atom. The third-order valence-electron chi connectivity index (χ3n) is 6.09. The van der Waals surface area contributed by atoms with Crippen molar-refractivity contribution in [2.75, 3.05) is 27.0 Å². The van der Waals surface area contributed by atoms with E-state index in [2.05, 4.69) is 21.4 Å². The Kier molecular flexibility index (Phi) is 4.98. The van der Waals surface area contributed by atoms with E-state index in [1.807, 2.05) is 18.2 Å². The van der Waals surface area contributed by atoms with Crippen LogP contribution in [0.15, 0.2) is 30.3 Å². The molecule has 3 aromatic rings. The zero-order valence-corrected chi connectivity index (χ0v) is 17.4. The minimum atomic E-state index is -0.233. The number of rotatable bonds is 5. The predicted molar refractivity (Wildman–Crippen MR) is 112 cm³/mol. The van der Waals surface area contributed by atoms with Gasteiger partial charge in [-0.1, -0.05) is 6.92 Å². The molecular formula is C23H26FN3O3. The number of aromatic nitrogens is 2. The van der Waals surface area contributed by atoms with Gasteiger partial charge in [0.15, 0.2) is 11.5 Å². The third kappa shape index (κ3) is 3.37. The summed E-state index contributed by atoms with van der Waals surface area (Å²) in [6.45, 7) is 5.17. The van der Waals surface area contributed by atoms with Crippen molar-refractivity contribution in [2.45, 2.75) is 38.8 Å². The summed E-state index contributed by atoms with van der Waals surface area (Å²) in [6, 6.07) is 9.40. The van der Waals surface area contributed by atoms with Crippen LogP contribution in [0.5, 0.6) is 17.2 Å².